The number of hydrogen-bond donors (Lipinski definition) is 1. The number of nitrogens with zero attached hydrogens (tertiary/aromatic N) is 2. The van der Waals surface area contributed by atoms with Crippen LogP contribution in [-0.4, -0.2) is 23.7 Å². The van der Waals surface area contributed by atoms with E-state index in [4.69, 9.17) is 5.73 Å². The predicted octanol–water partition coefficient (Wildman–Crippen LogP) is 1.71. The van der Waals surface area contributed by atoms with Gasteiger partial charge in [-0.3, -0.25) is 4.79 Å². The molecule has 1 aromatic heterocycles. The summed E-state index contributed by atoms with van der Waals surface area (Å²) in [6.45, 7) is 3.98. The molecule has 2 atom stereocenters. The van der Waals surface area contributed by atoms with E-state index in [1.54, 1.807) is 10.6 Å². The third kappa shape index (κ3) is 2.10. The van der Waals surface area contributed by atoms with Gasteiger partial charge < -0.3 is 15.2 Å². The molecule has 20 heavy (non-hydrogen) atoms. The van der Waals surface area contributed by atoms with Gasteiger partial charge in [0.25, 0.3) is 5.56 Å². The molecule has 2 heterocycles. The van der Waals surface area contributed by atoms with Gasteiger partial charge in [-0.25, -0.2) is 0 Å². The summed E-state index contributed by atoms with van der Waals surface area (Å²) in [7, 11) is 1.82. The second-order valence-corrected chi connectivity index (χ2v) is 5.80. The molecule has 0 spiro atoms. The largest absolute Gasteiger partial charge is 0.370 e. The van der Waals surface area contributed by atoms with Crippen molar-refractivity contribution in [3.63, 3.8) is 0 Å². The molecule has 4 heteroatoms. The minimum Gasteiger partial charge on any atom is -0.370 e. The van der Waals surface area contributed by atoms with Crippen molar-refractivity contribution in [1.29, 1.82) is 0 Å². The highest BCUT2D eigenvalue weighted by atomic mass is 16.1. The van der Waals surface area contributed by atoms with Gasteiger partial charge in [0.15, 0.2) is 0 Å². The van der Waals surface area contributed by atoms with Crippen molar-refractivity contribution in [1.82, 2.24) is 4.57 Å². The fourth-order valence-electron chi connectivity index (χ4n) is 3.09. The Labute approximate surface area is 118 Å². The van der Waals surface area contributed by atoms with Crippen LogP contribution in [0.4, 0.5) is 5.69 Å². The summed E-state index contributed by atoms with van der Waals surface area (Å²) >= 11 is 0. The summed E-state index contributed by atoms with van der Waals surface area (Å²) in [5.41, 5.74) is 8.09. The number of anilines is 1. The van der Waals surface area contributed by atoms with Gasteiger partial charge in [0.1, 0.15) is 0 Å². The second-order valence-electron chi connectivity index (χ2n) is 5.80. The molecule has 2 unspecified atom stereocenters. The van der Waals surface area contributed by atoms with Gasteiger partial charge in [-0.2, -0.15) is 0 Å². The summed E-state index contributed by atoms with van der Waals surface area (Å²) in [5.74, 6) is 0.512. The van der Waals surface area contributed by atoms with E-state index in [9.17, 15) is 4.79 Å². The molecule has 0 radical (unpaired) electrons. The number of benzene rings is 1. The van der Waals surface area contributed by atoms with Crippen molar-refractivity contribution in [2.45, 2.75) is 19.4 Å². The fraction of sp³-hybridized carbons (Fsp3) is 0.438. The number of aromatic nitrogens is 1. The van der Waals surface area contributed by atoms with Crippen molar-refractivity contribution < 1.29 is 0 Å². The third-order valence-corrected chi connectivity index (χ3v) is 4.44. The number of rotatable bonds is 2. The highest BCUT2D eigenvalue weighted by molar-refractivity contribution is 5.92. The first-order valence-corrected chi connectivity index (χ1v) is 7.17. The Bertz CT molecular complexity index is 690. The van der Waals surface area contributed by atoms with E-state index in [0.29, 0.717) is 5.92 Å². The summed E-state index contributed by atoms with van der Waals surface area (Å²) in [4.78, 5) is 14.4. The molecule has 0 saturated carbocycles. The number of hydrogen-bond acceptors (Lipinski definition) is 3. The van der Waals surface area contributed by atoms with Crippen molar-refractivity contribution in [2.24, 2.45) is 18.7 Å². The molecule has 3 rings (SSSR count). The Morgan fingerprint density at radius 1 is 1.35 bits per heavy atom. The van der Waals surface area contributed by atoms with Crippen LogP contribution in [0.3, 0.4) is 0 Å². The summed E-state index contributed by atoms with van der Waals surface area (Å²) in [6, 6.07) is 10.0. The first-order valence-electron chi connectivity index (χ1n) is 7.17. The zero-order valence-electron chi connectivity index (χ0n) is 12.0. The van der Waals surface area contributed by atoms with Gasteiger partial charge in [-0.1, -0.05) is 18.2 Å². The van der Waals surface area contributed by atoms with E-state index in [2.05, 4.69) is 17.9 Å². The van der Waals surface area contributed by atoms with Crippen LogP contribution in [0.5, 0.6) is 0 Å². The Kier molecular flexibility index (Phi) is 3.26. The first-order chi connectivity index (χ1) is 9.58. The molecule has 1 saturated heterocycles. The van der Waals surface area contributed by atoms with Gasteiger partial charge in [-0.05, 0) is 25.3 Å². The van der Waals surface area contributed by atoms with E-state index in [-0.39, 0.29) is 11.6 Å². The normalized spacial score (nSPS) is 20.6. The first kappa shape index (κ1) is 13.2. The molecular formula is C16H21N3O. The zero-order valence-corrected chi connectivity index (χ0v) is 12.0. The molecule has 1 aromatic carbocycles. The number of aryl methyl sites for hydroxylation is 1. The quantitative estimate of drug-likeness (QED) is 0.904. The molecule has 1 fully saturated rings. The van der Waals surface area contributed by atoms with Crippen molar-refractivity contribution >= 4 is 16.6 Å². The Balaban J connectivity index is 2.09. The summed E-state index contributed by atoms with van der Waals surface area (Å²) in [6.07, 6.45) is 1.10. The van der Waals surface area contributed by atoms with Crippen LogP contribution in [0, 0.1) is 5.92 Å². The average molecular weight is 271 g/mol. The second kappa shape index (κ2) is 4.94. The minimum atomic E-state index is 0.0444. The molecule has 0 aliphatic carbocycles. The third-order valence-electron chi connectivity index (χ3n) is 4.44. The lowest BCUT2D eigenvalue weighted by molar-refractivity contribution is 0.488. The van der Waals surface area contributed by atoms with Crippen LogP contribution < -0.4 is 16.2 Å². The lowest BCUT2D eigenvalue weighted by Gasteiger charge is -2.22. The monoisotopic (exact) mass is 271 g/mol. The van der Waals surface area contributed by atoms with Gasteiger partial charge in [0.05, 0.1) is 11.2 Å². The van der Waals surface area contributed by atoms with Crippen LogP contribution in [0.15, 0.2) is 35.1 Å². The maximum atomic E-state index is 12.1. The van der Waals surface area contributed by atoms with Crippen molar-refractivity contribution in [2.75, 3.05) is 18.0 Å². The predicted molar refractivity (Wildman–Crippen MR) is 83.2 cm³/mol. The number of fused-ring (bicyclic) bond motifs is 1. The topological polar surface area (TPSA) is 51.3 Å². The maximum Gasteiger partial charge on any atom is 0.252 e. The van der Waals surface area contributed by atoms with E-state index < -0.39 is 0 Å². The van der Waals surface area contributed by atoms with Gasteiger partial charge in [0, 0.05) is 37.6 Å². The lowest BCUT2D eigenvalue weighted by Crippen LogP contribution is -2.30. The van der Waals surface area contributed by atoms with Crippen LogP contribution >= 0.6 is 0 Å². The van der Waals surface area contributed by atoms with E-state index >= 15 is 0 Å². The highest BCUT2D eigenvalue weighted by Gasteiger charge is 2.26. The highest BCUT2D eigenvalue weighted by Crippen LogP contribution is 2.30. The van der Waals surface area contributed by atoms with Gasteiger partial charge >= 0.3 is 0 Å². The van der Waals surface area contributed by atoms with Crippen LogP contribution in [0.2, 0.25) is 0 Å². The zero-order chi connectivity index (χ0) is 14.3. The van der Waals surface area contributed by atoms with Crippen LogP contribution in [0.1, 0.15) is 13.3 Å². The van der Waals surface area contributed by atoms with Crippen LogP contribution in [0.25, 0.3) is 10.9 Å². The molecule has 1 aliphatic rings. The number of para-hydroxylation sites is 1. The van der Waals surface area contributed by atoms with Crippen molar-refractivity contribution in [3.8, 4) is 0 Å². The Hall–Kier alpha value is -1.81. The maximum absolute atomic E-state index is 12.1. The van der Waals surface area contributed by atoms with Gasteiger partial charge in [0.2, 0.25) is 0 Å². The SMILES string of the molecule is CC(N)C1CCN(c2cc(=O)n(C)c3ccccc23)C1. The molecular weight excluding hydrogens is 250 g/mol. The number of pyridine rings is 1. The molecule has 4 nitrogen and oxygen atoms in total. The number of nitrogens with two attached hydrogens (primary N) is 1. The molecule has 1 aliphatic heterocycles. The molecule has 0 amide bonds. The summed E-state index contributed by atoms with van der Waals surface area (Å²) in [5, 5.41) is 1.14. The minimum absolute atomic E-state index is 0.0444. The molecule has 2 N–H and O–H groups in total. The van der Waals surface area contributed by atoms with E-state index in [1.807, 2.05) is 25.2 Å². The summed E-state index contributed by atoms with van der Waals surface area (Å²) < 4.78 is 1.71. The Morgan fingerprint density at radius 2 is 2.10 bits per heavy atom. The Morgan fingerprint density at radius 3 is 2.80 bits per heavy atom. The van der Waals surface area contributed by atoms with Crippen LogP contribution in [-0.2, 0) is 7.05 Å². The average Bonchev–Trinajstić information content (AvgIpc) is 2.93. The standard InChI is InChI=1S/C16H21N3O/c1-11(17)12-7-8-19(10-12)15-9-16(20)18(2)14-6-4-3-5-13(14)15/h3-6,9,11-12H,7-8,10,17H2,1-2H3. The van der Waals surface area contributed by atoms with E-state index in [0.717, 1.165) is 36.1 Å². The lowest BCUT2D eigenvalue weighted by atomic mass is 10.0. The molecule has 106 valence electrons. The van der Waals surface area contributed by atoms with E-state index in [1.165, 1.54) is 0 Å². The van der Waals surface area contributed by atoms with Gasteiger partial charge in [-0.15, -0.1) is 0 Å². The molecule has 0 bridgehead atoms. The fourth-order valence-corrected chi connectivity index (χ4v) is 3.09. The molecule has 2 aromatic rings. The van der Waals surface area contributed by atoms with Crippen molar-refractivity contribution in [3.05, 3.63) is 40.7 Å². The smallest absolute Gasteiger partial charge is 0.252 e.